The summed E-state index contributed by atoms with van der Waals surface area (Å²) in [6.45, 7) is 1.43. The maximum atomic E-state index is 13.0. The molecule has 8 nitrogen and oxygen atoms in total. The zero-order chi connectivity index (χ0) is 18.4. The van der Waals surface area contributed by atoms with E-state index in [4.69, 9.17) is 0 Å². The van der Waals surface area contributed by atoms with Crippen LogP contribution in [-0.2, 0) is 9.59 Å². The molecule has 1 unspecified atom stereocenters. The minimum Gasteiger partial charge on any atom is -0.379 e. The lowest BCUT2D eigenvalue weighted by Crippen LogP contribution is -2.81. The molecule has 1 saturated heterocycles. The van der Waals surface area contributed by atoms with Crippen molar-refractivity contribution in [2.24, 2.45) is 0 Å². The third-order valence-electron chi connectivity index (χ3n) is 4.18. The average Bonchev–Trinajstić information content (AvgIpc) is 2.60. The van der Waals surface area contributed by atoms with Crippen LogP contribution in [0.2, 0.25) is 0 Å². The Morgan fingerprint density at radius 3 is 2.84 bits per heavy atom. The lowest BCUT2D eigenvalue weighted by molar-refractivity contribution is -0.623. The van der Waals surface area contributed by atoms with Crippen LogP contribution in [0.1, 0.15) is 33.6 Å². The summed E-state index contributed by atoms with van der Waals surface area (Å²) >= 11 is 0. The van der Waals surface area contributed by atoms with Crippen LogP contribution in [0.3, 0.4) is 0 Å². The molecule has 1 aromatic rings. The van der Waals surface area contributed by atoms with Gasteiger partial charge in [-0.3, -0.25) is 24.5 Å². The highest BCUT2D eigenvalue weighted by Crippen LogP contribution is 2.23. The molecule has 1 aromatic carbocycles. The molecule has 1 atom stereocenters. The maximum Gasteiger partial charge on any atom is 0.257 e. The third kappa shape index (κ3) is 4.21. The van der Waals surface area contributed by atoms with E-state index in [0.29, 0.717) is 18.5 Å². The largest absolute Gasteiger partial charge is 0.379 e. The number of rotatable bonds is 7. The van der Waals surface area contributed by atoms with Crippen LogP contribution in [0, 0.1) is 0 Å². The summed E-state index contributed by atoms with van der Waals surface area (Å²) in [4.78, 5) is 48.9. The van der Waals surface area contributed by atoms with Gasteiger partial charge in [0.25, 0.3) is 5.91 Å². The molecular formula is C17H23N4O4+. The number of benzene rings is 1. The van der Waals surface area contributed by atoms with Gasteiger partial charge in [-0.15, -0.1) is 0 Å². The summed E-state index contributed by atoms with van der Waals surface area (Å²) < 4.78 is 0. The van der Waals surface area contributed by atoms with Gasteiger partial charge in [-0.2, -0.15) is 0 Å². The third-order valence-corrected chi connectivity index (χ3v) is 4.18. The Hall–Kier alpha value is -2.74. The zero-order valence-electron chi connectivity index (χ0n) is 14.4. The van der Waals surface area contributed by atoms with E-state index in [1.54, 1.807) is 18.2 Å². The topological polar surface area (TPSA) is 112 Å². The number of carbonyl (C=O) groups is 4. The van der Waals surface area contributed by atoms with Crippen LogP contribution in [0.25, 0.3) is 0 Å². The van der Waals surface area contributed by atoms with E-state index < -0.39 is 17.9 Å². The summed E-state index contributed by atoms with van der Waals surface area (Å²) in [5.41, 5.74) is 1.05. The van der Waals surface area contributed by atoms with Crippen molar-refractivity contribution in [2.45, 2.75) is 18.9 Å². The Labute approximate surface area is 145 Å². The van der Waals surface area contributed by atoms with Crippen LogP contribution in [0.5, 0.6) is 0 Å². The van der Waals surface area contributed by atoms with Crippen molar-refractivity contribution >= 4 is 29.7 Å². The number of imide groups is 1. The number of anilines is 1. The first-order valence-corrected chi connectivity index (χ1v) is 8.20. The van der Waals surface area contributed by atoms with Crippen molar-refractivity contribution in [3.63, 3.8) is 0 Å². The fraction of sp³-hybridized carbons (Fsp3) is 0.412. The number of quaternary nitrogens is 1. The van der Waals surface area contributed by atoms with Gasteiger partial charge in [-0.05, 0) is 12.5 Å². The van der Waals surface area contributed by atoms with Gasteiger partial charge >= 0.3 is 0 Å². The Kier molecular flexibility index (Phi) is 6.24. The highest BCUT2D eigenvalue weighted by Gasteiger charge is 2.33. The van der Waals surface area contributed by atoms with E-state index in [1.807, 2.05) is 12.4 Å². The Morgan fingerprint density at radius 1 is 1.44 bits per heavy atom. The molecule has 1 aliphatic heterocycles. The normalized spacial score (nSPS) is 17.0. The molecule has 0 aliphatic carbocycles. The van der Waals surface area contributed by atoms with E-state index in [0.717, 1.165) is 6.54 Å². The lowest BCUT2D eigenvalue weighted by atomic mass is 10.0. The molecule has 8 heteroatoms. The minimum absolute atomic E-state index is 0.181. The number of amides is 3. The molecule has 1 fully saturated rings. The predicted molar refractivity (Wildman–Crippen MR) is 91.3 cm³/mol. The smallest absolute Gasteiger partial charge is 0.257 e. The number of hydrogen-bond acceptors (Lipinski definition) is 5. The van der Waals surface area contributed by atoms with Gasteiger partial charge in [0.05, 0.1) is 25.7 Å². The number of carbonyl (C=O) groups excluding carboxylic acids is 4. The Morgan fingerprint density at radius 2 is 2.20 bits per heavy atom. The van der Waals surface area contributed by atoms with Crippen LogP contribution < -0.4 is 16.0 Å². The second-order valence-corrected chi connectivity index (χ2v) is 5.89. The molecule has 0 spiro atoms. The summed E-state index contributed by atoms with van der Waals surface area (Å²) in [6.07, 6.45) is 1.08. The Bertz CT molecular complexity index is 689. The van der Waals surface area contributed by atoms with Crippen molar-refractivity contribution in [3.05, 3.63) is 29.3 Å². The van der Waals surface area contributed by atoms with Gasteiger partial charge < -0.3 is 15.5 Å². The van der Waals surface area contributed by atoms with E-state index in [1.165, 1.54) is 11.9 Å². The van der Waals surface area contributed by atoms with Gasteiger partial charge in [-0.25, -0.2) is 0 Å². The number of hydrogen-bond donors (Lipinski definition) is 3. The quantitative estimate of drug-likeness (QED) is 0.332. The summed E-state index contributed by atoms with van der Waals surface area (Å²) in [7, 11) is 3.44. The molecule has 2 rings (SSSR count). The Balaban J connectivity index is 2.28. The van der Waals surface area contributed by atoms with Gasteiger partial charge in [0.2, 0.25) is 11.8 Å². The molecule has 0 aromatic heterocycles. The number of nitrogens with two attached hydrogens (primary N) is 1. The molecule has 3 amide bonds. The van der Waals surface area contributed by atoms with Gasteiger partial charge in [0.15, 0.2) is 6.29 Å². The first-order valence-electron chi connectivity index (χ1n) is 8.20. The van der Waals surface area contributed by atoms with E-state index >= 15 is 0 Å². The number of piperidine rings is 1. The predicted octanol–water partition coefficient (Wildman–Crippen LogP) is -1.02. The molecule has 134 valence electrons. The van der Waals surface area contributed by atoms with Gasteiger partial charge in [0.1, 0.15) is 6.04 Å². The van der Waals surface area contributed by atoms with Crippen molar-refractivity contribution in [3.8, 4) is 0 Å². The molecule has 0 radical (unpaired) electrons. The monoisotopic (exact) mass is 347 g/mol. The second kappa shape index (κ2) is 8.39. The first-order chi connectivity index (χ1) is 12.0. The van der Waals surface area contributed by atoms with Gasteiger partial charge in [0, 0.05) is 24.7 Å². The second-order valence-electron chi connectivity index (χ2n) is 5.89. The fourth-order valence-electron chi connectivity index (χ4n) is 2.78. The molecule has 1 heterocycles. The van der Waals surface area contributed by atoms with Crippen molar-refractivity contribution in [1.29, 1.82) is 0 Å². The van der Waals surface area contributed by atoms with Gasteiger partial charge in [-0.1, -0.05) is 12.1 Å². The minimum atomic E-state index is -0.735. The standard InChI is InChI=1S/C17H22N4O4/c1-18-8-9-19-12-5-3-4-11(10-22)15(12)17(25)21(2)13-6-7-14(23)20-16(13)24/h3-5,10,13,18-19H,6-9H2,1-2H3,(H,20,23,24)/p+1. The van der Waals surface area contributed by atoms with Crippen LogP contribution >= 0.6 is 0 Å². The summed E-state index contributed by atoms with van der Waals surface area (Å²) in [5.74, 6) is -1.26. The van der Waals surface area contributed by atoms with Crippen molar-refractivity contribution in [1.82, 2.24) is 10.2 Å². The number of aldehydes is 1. The van der Waals surface area contributed by atoms with E-state index in [2.05, 4.69) is 10.6 Å². The first kappa shape index (κ1) is 18.6. The van der Waals surface area contributed by atoms with Crippen molar-refractivity contribution in [2.75, 3.05) is 32.5 Å². The fourth-order valence-corrected chi connectivity index (χ4v) is 2.78. The van der Waals surface area contributed by atoms with Crippen LogP contribution in [0.15, 0.2) is 18.2 Å². The SMILES string of the molecule is C[NH2+]CCNc1cccc(C=O)c1C(=O)N(C)C1CCC(=O)NC1=O. The zero-order valence-corrected chi connectivity index (χ0v) is 14.4. The number of likely N-dealkylation sites (N-methyl/N-ethyl adjacent to an activating group) is 2. The van der Waals surface area contributed by atoms with Crippen LogP contribution in [-0.4, -0.2) is 62.1 Å². The highest BCUT2D eigenvalue weighted by atomic mass is 16.2. The van der Waals surface area contributed by atoms with Crippen molar-refractivity contribution < 1.29 is 24.5 Å². The van der Waals surface area contributed by atoms with E-state index in [9.17, 15) is 19.2 Å². The average molecular weight is 347 g/mol. The molecule has 0 saturated carbocycles. The van der Waals surface area contributed by atoms with Crippen LogP contribution in [0.4, 0.5) is 5.69 Å². The molecule has 25 heavy (non-hydrogen) atoms. The highest BCUT2D eigenvalue weighted by molar-refractivity contribution is 6.08. The molecule has 4 N–H and O–H groups in total. The summed E-state index contributed by atoms with van der Waals surface area (Å²) in [6, 6.07) is 4.26. The summed E-state index contributed by atoms with van der Waals surface area (Å²) in [5, 5.41) is 7.39. The molecule has 0 bridgehead atoms. The molecular weight excluding hydrogens is 324 g/mol. The van der Waals surface area contributed by atoms with E-state index in [-0.39, 0.29) is 29.9 Å². The molecule has 1 aliphatic rings. The lowest BCUT2D eigenvalue weighted by Gasteiger charge is -2.30. The maximum absolute atomic E-state index is 13.0. The number of nitrogens with one attached hydrogen (secondary N) is 2. The number of nitrogens with zero attached hydrogens (tertiary/aromatic N) is 1.